The van der Waals surface area contributed by atoms with Crippen molar-refractivity contribution in [3.8, 4) is 11.4 Å². The molecule has 5 nitrogen and oxygen atoms in total. The topological polar surface area (TPSA) is 69.1 Å². The Balaban J connectivity index is 2.36. The first-order chi connectivity index (χ1) is 9.47. The summed E-state index contributed by atoms with van der Waals surface area (Å²) in [7, 11) is 0. The second kappa shape index (κ2) is 4.61. The Hall–Kier alpha value is -1.85. The van der Waals surface area contributed by atoms with Gasteiger partial charge >= 0.3 is 0 Å². The van der Waals surface area contributed by atoms with E-state index >= 15 is 0 Å². The zero-order chi connectivity index (χ0) is 14.4. The lowest BCUT2D eigenvalue weighted by Crippen LogP contribution is -2.01. The minimum Gasteiger partial charge on any atom is -0.397 e. The quantitative estimate of drug-likeness (QED) is 0.700. The van der Waals surface area contributed by atoms with Gasteiger partial charge in [0.2, 0.25) is 0 Å². The summed E-state index contributed by atoms with van der Waals surface area (Å²) in [4.78, 5) is 4.41. The van der Waals surface area contributed by atoms with Crippen molar-refractivity contribution < 1.29 is 0 Å². The minimum atomic E-state index is 0.391. The maximum Gasteiger partial charge on any atom is 0.171 e. The lowest BCUT2D eigenvalue weighted by Gasteiger charge is -2.08. The molecule has 20 heavy (non-hydrogen) atoms. The largest absolute Gasteiger partial charge is 0.397 e. The molecule has 0 aliphatic heterocycles. The smallest absolute Gasteiger partial charge is 0.171 e. The number of nitrogens with zero attached hydrogens (tertiary/aromatic N) is 4. The Morgan fingerprint density at radius 2 is 1.85 bits per heavy atom. The highest BCUT2D eigenvalue weighted by atomic mass is 35.5. The van der Waals surface area contributed by atoms with Crippen molar-refractivity contribution in [2.75, 3.05) is 5.73 Å². The number of nitrogens with two attached hydrogens (primary N) is 1. The van der Waals surface area contributed by atoms with Gasteiger partial charge in [0.05, 0.1) is 10.7 Å². The lowest BCUT2D eigenvalue weighted by molar-refractivity contribution is 0.962. The number of benzene rings is 1. The fraction of sp³-hybridized carbons (Fsp3) is 0.154. The van der Waals surface area contributed by atoms with E-state index in [1.807, 2.05) is 24.3 Å². The number of aromatic nitrogens is 4. The van der Waals surface area contributed by atoms with Gasteiger partial charge in [-0.1, -0.05) is 23.2 Å². The van der Waals surface area contributed by atoms with Gasteiger partial charge in [-0.05, 0) is 26.0 Å². The lowest BCUT2D eigenvalue weighted by atomic mass is 10.1. The average molecular weight is 308 g/mol. The van der Waals surface area contributed by atoms with Gasteiger partial charge < -0.3 is 5.73 Å². The zero-order valence-corrected chi connectivity index (χ0v) is 12.4. The molecule has 2 N–H and O–H groups in total. The van der Waals surface area contributed by atoms with Crippen molar-refractivity contribution in [2.24, 2.45) is 0 Å². The summed E-state index contributed by atoms with van der Waals surface area (Å²) in [5.74, 6) is 1.35. The molecule has 0 aliphatic rings. The molecular weight excluding hydrogens is 297 g/mol. The van der Waals surface area contributed by atoms with Crippen LogP contribution >= 0.6 is 23.2 Å². The minimum absolute atomic E-state index is 0.391. The van der Waals surface area contributed by atoms with E-state index in [0.717, 1.165) is 11.5 Å². The third-order valence-corrected chi connectivity index (χ3v) is 3.55. The highest BCUT2D eigenvalue weighted by Gasteiger charge is 2.16. The Morgan fingerprint density at radius 1 is 1.10 bits per heavy atom. The van der Waals surface area contributed by atoms with Crippen LogP contribution in [0.25, 0.3) is 17.0 Å². The molecule has 0 spiro atoms. The number of hydrogen-bond donors (Lipinski definition) is 1. The molecule has 0 saturated heterocycles. The van der Waals surface area contributed by atoms with Crippen LogP contribution in [0.15, 0.2) is 18.2 Å². The summed E-state index contributed by atoms with van der Waals surface area (Å²) in [6.07, 6.45) is 0. The van der Waals surface area contributed by atoms with Crippen molar-refractivity contribution in [3.63, 3.8) is 0 Å². The Bertz CT molecular complexity index is 825. The van der Waals surface area contributed by atoms with E-state index in [-0.39, 0.29) is 0 Å². The number of hydrogen-bond acceptors (Lipinski definition) is 4. The van der Waals surface area contributed by atoms with Crippen LogP contribution in [-0.2, 0) is 0 Å². The van der Waals surface area contributed by atoms with Crippen molar-refractivity contribution in [1.82, 2.24) is 19.6 Å². The molecule has 0 saturated carbocycles. The maximum absolute atomic E-state index is 6.07. The molecule has 0 atom stereocenters. The van der Waals surface area contributed by atoms with Crippen LogP contribution in [-0.4, -0.2) is 19.6 Å². The van der Waals surface area contributed by atoms with Gasteiger partial charge in [0, 0.05) is 22.3 Å². The van der Waals surface area contributed by atoms with Crippen LogP contribution in [0.1, 0.15) is 11.5 Å². The van der Waals surface area contributed by atoms with E-state index in [9.17, 15) is 0 Å². The number of fused-ring (bicyclic) bond motifs is 1. The average Bonchev–Trinajstić information content (AvgIpc) is 2.77. The fourth-order valence-corrected chi connectivity index (χ4v) is 2.67. The molecular formula is C13H11Cl2N5. The van der Waals surface area contributed by atoms with Crippen molar-refractivity contribution in [1.29, 1.82) is 0 Å². The second-order valence-corrected chi connectivity index (χ2v) is 5.35. The third-order valence-electron chi connectivity index (χ3n) is 3.02. The van der Waals surface area contributed by atoms with E-state index in [2.05, 4.69) is 15.2 Å². The molecule has 0 fully saturated rings. The van der Waals surface area contributed by atoms with Crippen molar-refractivity contribution in [2.45, 2.75) is 13.8 Å². The molecule has 0 radical (unpaired) electrons. The first kappa shape index (κ1) is 13.1. The highest BCUT2D eigenvalue weighted by molar-refractivity contribution is 6.37. The van der Waals surface area contributed by atoms with Crippen LogP contribution in [0, 0.1) is 13.8 Å². The molecule has 0 amide bonds. The van der Waals surface area contributed by atoms with Gasteiger partial charge in [0.1, 0.15) is 5.82 Å². The van der Waals surface area contributed by atoms with Crippen molar-refractivity contribution >= 4 is 34.5 Å². The van der Waals surface area contributed by atoms with Crippen LogP contribution in [0.2, 0.25) is 10.0 Å². The summed E-state index contributed by atoms with van der Waals surface area (Å²) in [5, 5.41) is 9.22. The third kappa shape index (κ3) is 1.99. The summed E-state index contributed by atoms with van der Waals surface area (Å²) in [6, 6.07) is 5.17. The molecule has 1 aromatic carbocycles. The fourth-order valence-electron chi connectivity index (χ4n) is 2.18. The van der Waals surface area contributed by atoms with Gasteiger partial charge in [0.15, 0.2) is 11.5 Å². The SMILES string of the molecule is Cc1cc2nnc(-c3cc(Cl)cc(Cl)c3N)n2c(C)n1. The Kier molecular flexibility index (Phi) is 3.03. The first-order valence-electron chi connectivity index (χ1n) is 5.91. The predicted octanol–water partition coefficient (Wildman–Crippen LogP) is 3.30. The van der Waals surface area contributed by atoms with Gasteiger partial charge in [-0.2, -0.15) is 0 Å². The molecule has 3 rings (SSSR count). The van der Waals surface area contributed by atoms with Gasteiger partial charge in [0.25, 0.3) is 0 Å². The highest BCUT2D eigenvalue weighted by Crippen LogP contribution is 2.34. The van der Waals surface area contributed by atoms with E-state index in [1.165, 1.54) is 0 Å². The number of rotatable bonds is 1. The Morgan fingerprint density at radius 3 is 2.60 bits per heavy atom. The number of nitrogen functional groups attached to an aromatic ring is 1. The summed E-state index contributed by atoms with van der Waals surface area (Å²) >= 11 is 12.1. The molecule has 7 heteroatoms. The molecule has 102 valence electrons. The van der Waals surface area contributed by atoms with Crippen LogP contribution in [0.3, 0.4) is 0 Å². The van der Waals surface area contributed by atoms with Gasteiger partial charge in [-0.15, -0.1) is 10.2 Å². The van der Waals surface area contributed by atoms with E-state index in [0.29, 0.717) is 32.8 Å². The predicted molar refractivity (Wildman–Crippen MR) is 80.1 cm³/mol. The monoisotopic (exact) mass is 307 g/mol. The maximum atomic E-state index is 6.07. The standard InChI is InChI=1S/C13H11Cl2N5/c1-6-3-11-18-19-13(20(11)7(2)17-6)9-4-8(14)5-10(15)12(9)16/h3-5H,16H2,1-2H3. The van der Waals surface area contributed by atoms with Crippen molar-refractivity contribution in [3.05, 3.63) is 39.8 Å². The second-order valence-electron chi connectivity index (χ2n) is 4.51. The number of anilines is 1. The molecule has 0 bridgehead atoms. The van der Waals surface area contributed by atoms with E-state index in [4.69, 9.17) is 28.9 Å². The normalized spacial score (nSPS) is 11.2. The number of halogens is 2. The van der Waals surface area contributed by atoms with E-state index < -0.39 is 0 Å². The van der Waals surface area contributed by atoms with Gasteiger partial charge in [-0.25, -0.2) is 4.98 Å². The van der Waals surface area contributed by atoms with E-state index in [1.54, 1.807) is 12.1 Å². The molecule has 2 heterocycles. The zero-order valence-electron chi connectivity index (χ0n) is 10.9. The van der Waals surface area contributed by atoms with Gasteiger partial charge in [-0.3, -0.25) is 4.40 Å². The first-order valence-corrected chi connectivity index (χ1v) is 6.67. The molecule has 3 aromatic rings. The van der Waals surface area contributed by atoms with Crippen LogP contribution in [0.4, 0.5) is 5.69 Å². The molecule has 0 unspecified atom stereocenters. The summed E-state index contributed by atoms with van der Waals surface area (Å²) < 4.78 is 1.82. The molecule has 0 aliphatic carbocycles. The number of aryl methyl sites for hydroxylation is 2. The molecule has 2 aromatic heterocycles. The Labute approximate surface area is 125 Å². The van der Waals surface area contributed by atoms with Crippen LogP contribution < -0.4 is 5.73 Å². The summed E-state index contributed by atoms with van der Waals surface area (Å²) in [6.45, 7) is 3.79. The van der Waals surface area contributed by atoms with Crippen LogP contribution in [0.5, 0.6) is 0 Å². The summed E-state index contributed by atoms with van der Waals surface area (Å²) in [5.41, 5.74) is 8.67.